The summed E-state index contributed by atoms with van der Waals surface area (Å²) in [6.07, 6.45) is 2.03. The molecule has 0 aromatic carbocycles. The molecule has 0 saturated carbocycles. The van der Waals surface area contributed by atoms with Gasteiger partial charge in [-0.2, -0.15) is 0 Å². The van der Waals surface area contributed by atoms with Gasteiger partial charge < -0.3 is 9.58 Å². The van der Waals surface area contributed by atoms with Gasteiger partial charge >= 0.3 is 12.5 Å². The van der Waals surface area contributed by atoms with Crippen LogP contribution in [0.5, 0.6) is 0 Å². The van der Waals surface area contributed by atoms with Gasteiger partial charge in [0.2, 0.25) is 0 Å². The lowest BCUT2D eigenvalue weighted by molar-refractivity contribution is -0.142. The first-order valence-electron chi connectivity index (χ1n) is 4.23. The van der Waals surface area contributed by atoms with E-state index < -0.39 is 5.97 Å². The summed E-state index contributed by atoms with van der Waals surface area (Å²) in [7, 11) is 0. The van der Waals surface area contributed by atoms with Crippen molar-refractivity contribution < 1.29 is 9.53 Å². The molecule has 12 heavy (non-hydrogen) atoms. The van der Waals surface area contributed by atoms with Gasteiger partial charge in [-0.1, -0.05) is 26.7 Å². The SMILES string of the molecule is [C-]#[N+]CC(=O)OCC(CC)CC. The van der Waals surface area contributed by atoms with Crippen molar-refractivity contribution in [2.24, 2.45) is 5.92 Å². The van der Waals surface area contributed by atoms with Crippen LogP contribution in [-0.2, 0) is 9.53 Å². The summed E-state index contributed by atoms with van der Waals surface area (Å²) in [6.45, 7) is 10.9. The number of carbonyl (C=O) groups excluding carboxylic acids is 1. The van der Waals surface area contributed by atoms with Gasteiger partial charge in [0.1, 0.15) is 0 Å². The molecule has 3 heteroatoms. The number of carbonyl (C=O) groups is 1. The minimum Gasteiger partial charge on any atom is -0.460 e. The van der Waals surface area contributed by atoms with Crippen molar-refractivity contribution in [1.82, 2.24) is 0 Å². The van der Waals surface area contributed by atoms with E-state index in [-0.39, 0.29) is 6.54 Å². The average Bonchev–Trinajstić information content (AvgIpc) is 2.07. The highest BCUT2D eigenvalue weighted by atomic mass is 16.5. The average molecular weight is 169 g/mol. The van der Waals surface area contributed by atoms with E-state index in [1.807, 2.05) is 0 Å². The largest absolute Gasteiger partial charge is 0.460 e. The van der Waals surface area contributed by atoms with Crippen LogP contribution < -0.4 is 0 Å². The maximum atomic E-state index is 10.7. The van der Waals surface area contributed by atoms with Crippen LogP contribution in [0.15, 0.2) is 0 Å². The quantitative estimate of drug-likeness (QED) is 0.464. The summed E-state index contributed by atoms with van der Waals surface area (Å²) >= 11 is 0. The molecule has 0 aromatic rings. The normalized spacial score (nSPS) is 9.50. The molecule has 0 aliphatic carbocycles. The maximum Gasteiger partial charge on any atom is 0.387 e. The maximum absolute atomic E-state index is 10.7. The molecule has 0 N–H and O–H groups in total. The Kier molecular flexibility index (Phi) is 6.08. The van der Waals surface area contributed by atoms with Crippen molar-refractivity contribution in [2.45, 2.75) is 26.7 Å². The molecule has 0 bridgehead atoms. The highest BCUT2D eigenvalue weighted by Crippen LogP contribution is 2.07. The summed E-state index contributed by atoms with van der Waals surface area (Å²) in [5.74, 6) is 0.0385. The van der Waals surface area contributed by atoms with E-state index in [1.54, 1.807) is 0 Å². The highest BCUT2D eigenvalue weighted by molar-refractivity contribution is 5.73. The van der Waals surface area contributed by atoms with E-state index in [1.165, 1.54) is 0 Å². The Morgan fingerprint density at radius 3 is 2.50 bits per heavy atom. The Balaban J connectivity index is 3.53. The molecule has 0 fully saturated rings. The summed E-state index contributed by atoms with van der Waals surface area (Å²) in [4.78, 5) is 13.7. The fourth-order valence-electron chi connectivity index (χ4n) is 0.845. The topological polar surface area (TPSA) is 30.7 Å². The lowest BCUT2D eigenvalue weighted by atomic mass is 10.1. The summed E-state index contributed by atoms with van der Waals surface area (Å²) in [6, 6.07) is 0. The van der Waals surface area contributed by atoms with Crippen LogP contribution in [0, 0.1) is 12.5 Å². The van der Waals surface area contributed by atoms with E-state index in [0.717, 1.165) is 12.8 Å². The van der Waals surface area contributed by atoms with Crippen molar-refractivity contribution in [3.05, 3.63) is 11.4 Å². The Bertz CT molecular complexity index is 168. The van der Waals surface area contributed by atoms with Crippen molar-refractivity contribution in [2.75, 3.05) is 13.2 Å². The first-order chi connectivity index (χ1) is 5.74. The Morgan fingerprint density at radius 1 is 1.50 bits per heavy atom. The van der Waals surface area contributed by atoms with Crippen LogP contribution in [0.4, 0.5) is 0 Å². The van der Waals surface area contributed by atoms with E-state index >= 15 is 0 Å². The molecule has 0 radical (unpaired) electrons. The fraction of sp³-hybridized carbons (Fsp3) is 0.778. The predicted molar refractivity (Wildman–Crippen MR) is 46.5 cm³/mol. The Hall–Kier alpha value is -1.04. The van der Waals surface area contributed by atoms with Crippen LogP contribution in [0.25, 0.3) is 4.85 Å². The summed E-state index contributed by atoms with van der Waals surface area (Å²) < 4.78 is 4.87. The number of hydrogen-bond acceptors (Lipinski definition) is 2. The lowest BCUT2D eigenvalue weighted by Crippen LogP contribution is -2.14. The van der Waals surface area contributed by atoms with E-state index in [2.05, 4.69) is 18.7 Å². The monoisotopic (exact) mass is 169 g/mol. The van der Waals surface area contributed by atoms with Crippen LogP contribution in [0.2, 0.25) is 0 Å². The molecule has 0 aromatic heterocycles. The van der Waals surface area contributed by atoms with Crippen molar-refractivity contribution in [1.29, 1.82) is 0 Å². The van der Waals surface area contributed by atoms with Gasteiger partial charge in [-0.15, -0.1) is 0 Å². The molecule has 0 spiro atoms. The van der Waals surface area contributed by atoms with Gasteiger partial charge in [-0.3, -0.25) is 0 Å². The number of esters is 1. The molecular weight excluding hydrogens is 154 g/mol. The smallest absolute Gasteiger partial charge is 0.387 e. The van der Waals surface area contributed by atoms with E-state index in [0.29, 0.717) is 12.5 Å². The minimum absolute atomic E-state index is 0.153. The second-order valence-electron chi connectivity index (χ2n) is 2.68. The van der Waals surface area contributed by atoms with Gasteiger partial charge in [-0.05, 0) is 5.92 Å². The van der Waals surface area contributed by atoms with Crippen LogP contribution in [-0.4, -0.2) is 19.1 Å². The zero-order valence-corrected chi connectivity index (χ0v) is 7.67. The van der Waals surface area contributed by atoms with E-state index in [9.17, 15) is 4.79 Å². The highest BCUT2D eigenvalue weighted by Gasteiger charge is 2.09. The second kappa shape index (κ2) is 6.66. The summed E-state index contributed by atoms with van der Waals surface area (Å²) in [5, 5.41) is 0. The lowest BCUT2D eigenvalue weighted by Gasteiger charge is -2.10. The molecule has 0 aliphatic rings. The standard InChI is InChI=1S/C9H15NO2/c1-4-8(5-2)7-12-9(11)6-10-3/h8H,4-7H2,1-2H3. The minimum atomic E-state index is -0.406. The van der Waals surface area contributed by atoms with Crippen LogP contribution in [0.3, 0.4) is 0 Å². The first-order valence-corrected chi connectivity index (χ1v) is 4.23. The molecule has 0 atom stereocenters. The van der Waals surface area contributed by atoms with Crippen molar-refractivity contribution >= 4 is 5.97 Å². The summed E-state index contributed by atoms with van der Waals surface area (Å²) in [5.41, 5.74) is 0. The molecule has 0 unspecified atom stereocenters. The van der Waals surface area contributed by atoms with Crippen LogP contribution in [0.1, 0.15) is 26.7 Å². The van der Waals surface area contributed by atoms with Gasteiger partial charge in [0.05, 0.1) is 6.61 Å². The van der Waals surface area contributed by atoms with Crippen molar-refractivity contribution in [3.63, 3.8) is 0 Å². The number of nitrogens with zero attached hydrogens (tertiary/aromatic N) is 1. The third-order valence-corrected chi connectivity index (χ3v) is 1.84. The molecule has 0 rings (SSSR count). The van der Waals surface area contributed by atoms with Gasteiger partial charge in [0, 0.05) is 0 Å². The van der Waals surface area contributed by atoms with Gasteiger partial charge in [0.15, 0.2) is 0 Å². The molecule has 0 heterocycles. The van der Waals surface area contributed by atoms with Gasteiger partial charge in [0.25, 0.3) is 0 Å². The number of hydrogen-bond donors (Lipinski definition) is 0. The first kappa shape index (κ1) is 11.0. The Labute approximate surface area is 73.5 Å². The van der Waals surface area contributed by atoms with Crippen LogP contribution >= 0.6 is 0 Å². The second-order valence-corrected chi connectivity index (χ2v) is 2.68. The molecule has 0 aliphatic heterocycles. The molecule has 3 nitrogen and oxygen atoms in total. The third-order valence-electron chi connectivity index (χ3n) is 1.84. The third kappa shape index (κ3) is 4.73. The molecule has 0 saturated heterocycles. The Morgan fingerprint density at radius 2 is 2.08 bits per heavy atom. The zero-order chi connectivity index (χ0) is 9.40. The van der Waals surface area contributed by atoms with Gasteiger partial charge in [-0.25, -0.2) is 11.4 Å². The number of ether oxygens (including phenoxy) is 1. The zero-order valence-electron chi connectivity index (χ0n) is 7.67. The molecular formula is C9H15NO2. The van der Waals surface area contributed by atoms with Crippen molar-refractivity contribution in [3.8, 4) is 0 Å². The fourth-order valence-corrected chi connectivity index (χ4v) is 0.845. The van der Waals surface area contributed by atoms with E-state index in [4.69, 9.17) is 11.3 Å². The predicted octanol–water partition coefficient (Wildman–Crippen LogP) is 1.89. The number of rotatable bonds is 5. The molecule has 68 valence electrons. The molecule has 0 amide bonds.